The Morgan fingerprint density at radius 3 is 1.45 bits per heavy atom. The molecule has 0 saturated heterocycles. The van der Waals surface area contributed by atoms with Crippen molar-refractivity contribution in [3.63, 3.8) is 0 Å². The van der Waals surface area contributed by atoms with E-state index < -0.39 is 0 Å². The first-order valence-electron chi connectivity index (χ1n) is 9.18. The van der Waals surface area contributed by atoms with Crippen LogP contribution in [0.2, 0.25) is 0 Å². The van der Waals surface area contributed by atoms with Crippen LogP contribution in [0.15, 0.2) is 12.7 Å². The predicted octanol–water partition coefficient (Wildman–Crippen LogP) is 6.20. The van der Waals surface area contributed by atoms with Gasteiger partial charge in [-0.1, -0.05) is 84.1 Å². The molecule has 0 aromatic rings. The average molecular weight is 282 g/mol. The quantitative estimate of drug-likeness (QED) is 0.241. The fourth-order valence-corrected chi connectivity index (χ4v) is 2.71. The Labute approximate surface area is 128 Å². The minimum Gasteiger partial charge on any atom is -0.300 e. The summed E-state index contributed by atoms with van der Waals surface area (Å²) in [5, 5.41) is 0. The van der Waals surface area contributed by atoms with E-state index in [1.165, 1.54) is 90.1 Å². The zero-order valence-electron chi connectivity index (χ0n) is 14.3. The van der Waals surface area contributed by atoms with E-state index in [9.17, 15) is 0 Å². The van der Waals surface area contributed by atoms with Crippen LogP contribution in [0.5, 0.6) is 0 Å². The van der Waals surface area contributed by atoms with Gasteiger partial charge in [0, 0.05) is 6.54 Å². The van der Waals surface area contributed by atoms with Gasteiger partial charge in [0.2, 0.25) is 0 Å². The van der Waals surface area contributed by atoms with Crippen molar-refractivity contribution in [2.45, 2.75) is 90.9 Å². The highest BCUT2D eigenvalue weighted by Gasteiger charge is 2.02. The standard InChI is InChI=1S/C19H39N/c1-4-7-9-11-13-15-18-20(17-6-3)19-16-14-12-10-8-5-2/h6H,3-5,7-19H2,1-2H3. The maximum atomic E-state index is 3.90. The lowest BCUT2D eigenvalue weighted by Crippen LogP contribution is -2.26. The highest BCUT2D eigenvalue weighted by atomic mass is 15.1. The highest BCUT2D eigenvalue weighted by molar-refractivity contribution is 4.73. The number of nitrogens with zero attached hydrogens (tertiary/aromatic N) is 1. The Morgan fingerprint density at radius 2 is 1.05 bits per heavy atom. The highest BCUT2D eigenvalue weighted by Crippen LogP contribution is 2.08. The van der Waals surface area contributed by atoms with Gasteiger partial charge in [0.05, 0.1) is 0 Å². The second-order valence-corrected chi connectivity index (χ2v) is 6.12. The molecule has 0 rings (SSSR count). The summed E-state index contributed by atoms with van der Waals surface area (Å²) < 4.78 is 0. The van der Waals surface area contributed by atoms with E-state index in [2.05, 4.69) is 31.4 Å². The van der Waals surface area contributed by atoms with Gasteiger partial charge in [-0.3, -0.25) is 4.90 Å². The number of unbranched alkanes of at least 4 members (excludes halogenated alkanes) is 10. The largest absolute Gasteiger partial charge is 0.300 e. The molecule has 0 fully saturated rings. The molecule has 20 heavy (non-hydrogen) atoms. The molecule has 0 N–H and O–H groups in total. The lowest BCUT2D eigenvalue weighted by atomic mass is 10.1. The second-order valence-electron chi connectivity index (χ2n) is 6.12. The first-order chi connectivity index (χ1) is 9.85. The predicted molar refractivity (Wildman–Crippen MR) is 93.4 cm³/mol. The molecule has 120 valence electrons. The SMILES string of the molecule is C=CCN(CCCCCCCC)CCCCCCCC. The van der Waals surface area contributed by atoms with Crippen molar-refractivity contribution in [1.82, 2.24) is 4.90 Å². The van der Waals surface area contributed by atoms with Crippen molar-refractivity contribution in [3.05, 3.63) is 12.7 Å². The Hall–Kier alpha value is -0.300. The molecule has 1 heteroatoms. The van der Waals surface area contributed by atoms with E-state index in [0.717, 1.165) is 6.54 Å². The third kappa shape index (κ3) is 14.1. The van der Waals surface area contributed by atoms with Crippen molar-refractivity contribution in [3.8, 4) is 0 Å². The first kappa shape index (κ1) is 19.7. The summed E-state index contributed by atoms with van der Waals surface area (Å²) >= 11 is 0. The fourth-order valence-electron chi connectivity index (χ4n) is 2.71. The molecule has 0 aliphatic carbocycles. The minimum absolute atomic E-state index is 1.07. The molecule has 1 nitrogen and oxygen atoms in total. The van der Waals surface area contributed by atoms with E-state index in [4.69, 9.17) is 0 Å². The van der Waals surface area contributed by atoms with Gasteiger partial charge in [0.1, 0.15) is 0 Å². The zero-order valence-corrected chi connectivity index (χ0v) is 14.3. The zero-order chi connectivity index (χ0) is 14.9. The summed E-state index contributed by atoms with van der Waals surface area (Å²) in [6, 6.07) is 0. The molecule has 0 aliphatic heterocycles. The van der Waals surface area contributed by atoms with E-state index >= 15 is 0 Å². The number of hydrogen-bond donors (Lipinski definition) is 0. The van der Waals surface area contributed by atoms with Crippen molar-refractivity contribution < 1.29 is 0 Å². The topological polar surface area (TPSA) is 3.24 Å². The summed E-state index contributed by atoms with van der Waals surface area (Å²) in [5.41, 5.74) is 0. The van der Waals surface area contributed by atoms with E-state index in [-0.39, 0.29) is 0 Å². The Kier molecular flexibility index (Phi) is 16.5. The van der Waals surface area contributed by atoms with Crippen molar-refractivity contribution >= 4 is 0 Å². The lowest BCUT2D eigenvalue weighted by Gasteiger charge is -2.20. The molecule has 0 aromatic carbocycles. The van der Waals surface area contributed by atoms with Gasteiger partial charge in [0.25, 0.3) is 0 Å². The fraction of sp³-hybridized carbons (Fsp3) is 0.895. The molecule has 0 unspecified atom stereocenters. The van der Waals surface area contributed by atoms with Crippen LogP contribution in [0.4, 0.5) is 0 Å². The number of rotatable bonds is 16. The molecule has 0 aliphatic rings. The van der Waals surface area contributed by atoms with Crippen LogP contribution >= 0.6 is 0 Å². The molecule has 0 atom stereocenters. The maximum Gasteiger partial charge on any atom is 0.0160 e. The van der Waals surface area contributed by atoms with Gasteiger partial charge < -0.3 is 0 Å². The van der Waals surface area contributed by atoms with Gasteiger partial charge >= 0.3 is 0 Å². The van der Waals surface area contributed by atoms with Crippen LogP contribution in [-0.2, 0) is 0 Å². The molecular weight excluding hydrogens is 242 g/mol. The minimum atomic E-state index is 1.07. The maximum absolute atomic E-state index is 3.90. The van der Waals surface area contributed by atoms with Crippen LogP contribution < -0.4 is 0 Å². The summed E-state index contributed by atoms with van der Waals surface area (Å²) in [6.07, 6.45) is 18.8. The lowest BCUT2D eigenvalue weighted by molar-refractivity contribution is 0.286. The summed E-state index contributed by atoms with van der Waals surface area (Å²) in [6.45, 7) is 12.1. The Balaban J connectivity index is 3.47. The van der Waals surface area contributed by atoms with Gasteiger partial charge in [-0.15, -0.1) is 6.58 Å². The van der Waals surface area contributed by atoms with E-state index in [1.807, 2.05) is 0 Å². The van der Waals surface area contributed by atoms with Crippen molar-refractivity contribution in [2.75, 3.05) is 19.6 Å². The Morgan fingerprint density at radius 1 is 0.650 bits per heavy atom. The summed E-state index contributed by atoms with van der Waals surface area (Å²) in [7, 11) is 0. The monoisotopic (exact) mass is 281 g/mol. The molecule has 0 spiro atoms. The second kappa shape index (κ2) is 16.8. The summed E-state index contributed by atoms with van der Waals surface area (Å²) in [4.78, 5) is 2.59. The molecule has 0 bridgehead atoms. The van der Waals surface area contributed by atoms with E-state index in [1.54, 1.807) is 0 Å². The molecule has 0 saturated carbocycles. The molecule has 0 heterocycles. The average Bonchev–Trinajstić information content (AvgIpc) is 2.46. The van der Waals surface area contributed by atoms with Crippen LogP contribution in [0.25, 0.3) is 0 Å². The van der Waals surface area contributed by atoms with Crippen LogP contribution in [-0.4, -0.2) is 24.5 Å². The normalized spacial score (nSPS) is 11.2. The van der Waals surface area contributed by atoms with Gasteiger partial charge in [0.15, 0.2) is 0 Å². The van der Waals surface area contributed by atoms with Crippen molar-refractivity contribution in [2.24, 2.45) is 0 Å². The van der Waals surface area contributed by atoms with Gasteiger partial charge in [-0.2, -0.15) is 0 Å². The van der Waals surface area contributed by atoms with Crippen LogP contribution in [0, 0.1) is 0 Å². The smallest absolute Gasteiger partial charge is 0.0160 e. The van der Waals surface area contributed by atoms with E-state index in [0.29, 0.717) is 0 Å². The third-order valence-corrected chi connectivity index (χ3v) is 4.04. The first-order valence-corrected chi connectivity index (χ1v) is 9.18. The number of hydrogen-bond acceptors (Lipinski definition) is 1. The molecular formula is C19H39N. The van der Waals surface area contributed by atoms with Crippen molar-refractivity contribution in [1.29, 1.82) is 0 Å². The molecule has 0 aromatic heterocycles. The summed E-state index contributed by atoms with van der Waals surface area (Å²) in [5.74, 6) is 0. The van der Waals surface area contributed by atoms with Crippen LogP contribution in [0.1, 0.15) is 90.9 Å². The van der Waals surface area contributed by atoms with Gasteiger partial charge in [-0.25, -0.2) is 0 Å². The molecule has 0 radical (unpaired) electrons. The van der Waals surface area contributed by atoms with Crippen LogP contribution in [0.3, 0.4) is 0 Å². The third-order valence-electron chi connectivity index (χ3n) is 4.04. The molecule has 0 amide bonds. The Bertz CT molecular complexity index is 172. The van der Waals surface area contributed by atoms with Gasteiger partial charge in [-0.05, 0) is 25.9 Å².